The van der Waals surface area contributed by atoms with Crippen LogP contribution in [0.1, 0.15) is 66.2 Å². The standard InChI is InChI=1S/C15H31NO3.C2H6/c1-4-6-7-11-19-12-8-9-14(15(17)18)13-16(3)10-5-2;1-2/h14H,4-13H2,1-3H3,(H,17,18);1-2H3. The maximum absolute atomic E-state index is 11.2. The maximum Gasteiger partial charge on any atom is 0.307 e. The predicted molar refractivity (Wildman–Crippen MR) is 89.8 cm³/mol. The molecule has 0 aromatic carbocycles. The fourth-order valence-corrected chi connectivity index (χ4v) is 2.13. The number of hydrogen-bond donors (Lipinski definition) is 1. The monoisotopic (exact) mass is 303 g/mol. The van der Waals surface area contributed by atoms with E-state index < -0.39 is 5.97 Å². The molecular weight excluding hydrogens is 266 g/mol. The van der Waals surface area contributed by atoms with E-state index in [0.29, 0.717) is 19.6 Å². The van der Waals surface area contributed by atoms with Gasteiger partial charge in [0, 0.05) is 19.8 Å². The van der Waals surface area contributed by atoms with Crippen LogP contribution >= 0.6 is 0 Å². The lowest BCUT2D eigenvalue weighted by atomic mass is 10.0. The van der Waals surface area contributed by atoms with Crippen molar-refractivity contribution in [3.63, 3.8) is 0 Å². The Balaban J connectivity index is 0. The maximum atomic E-state index is 11.2. The van der Waals surface area contributed by atoms with Gasteiger partial charge in [-0.25, -0.2) is 0 Å². The van der Waals surface area contributed by atoms with E-state index in [2.05, 4.69) is 18.7 Å². The van der Waals surface area contributed by atoms with Gasteiger partial charge in [-0.05, 0) is 39.3 Å². The Kier molecular flexibility index (Phi) is 18.8. The molecule has 4 nitrogen and oxygen atoms in total. The first-order valence-electron chi connectivity index (χ1n) is 8.60. The Morgan fingerprint density at radius 2 is 1.71 bits per heavy atom. The zero-order chi connectivity index (χ0) is 16.5. The third-order valence-corrected chi connectivity index (χ3v) is 3.22. The number of rotatable bonds is 13. The van der Waals surface area contributed by atoms with Gasteiger partial charge in [-0.3, -0.25) is 4.79 Å². The van der Waals surface area contributed by atoms with E-state index in [1.54, 1.807) is 0 Å². The van der Waals surface area contributed by atoms with Crippen LogP contribution in [0.2, 0.25) is 0 Å². The van der Waals surface area contributed by atoms with Crippen molar-refractivity contribution in [3.05, 3.63) is 0 Å². The number of carboxylic acid groups (broad SMARTS) is 1. The molecule has 0 saturated heterocycles. The number of ether oxygens (including phenoxy) is 1. The molecule has 1 N–H and O–H groups in total. The van der Waals surface area contributed by atoms with Crippen molar-refractivity contribution in [3.8, 4) is 0 Å². The zero-order valence-electron chi connectivity index (χ0n) is 14.9. The highest BCUT2D eigenvalue weighted by Gasteiger charge is 2.18. The van der Waals surface area contributed by atoms with Gasteiger partial charge in [0.2, 0.25) is 0 Å². The number of carbonyl (C=O) groups is 1. The summed E-state index contributed by atoms with van der Waals surface area (Å²) in [6.07, 6.45) is 6.12. The van der Waals surface area contributed by atoms with E-state index in [1.165, 1.54) is 12.8 Å². The van der Waals surface area contributed by atoms with E-state index in [4.69, 9.17) is 4.74 Å². The summed E-state index contributed by atoms with van der Waals surface area (Å²) in [6.45, 7) is 11.4. The van der Waals surface area contributed by atoms with Crippen LogP contribution in [0, 0.1) is 5.92 Å². The van der Waals surface area contributed by atoms with Crippen LogP contribution in [-0.2, 0) is 9.53 Å². The summed E-state index contributed by atoms with van der Waals surface area (Å²) in [6, 6.07) is 0. The third-order valence-electron chi connectivity index (χ3n) is 3.22. The second-order valence-corrected chi connectivity index (χ2v) is 5.26. The molecule has 1 atom stereocenters. The molecule has 0 bridgehead atoms. The second-order valence-electron chi connectivity index (χ2n) is 5.26. The Morgan fingerprint density at radius 3 is 2.24 bits per heavy atom. The highest BCUT2D eigenvalue weighted by atomic mass is 16.5. The molecular formula is C17H37NO3. The quantitative estimate of drug-likeness (QED) is 0.522. The molecule has 0 aromatic heterocycles. The molecule has 0 rings (SSSR count). The van der Waals surface area contributed by atoms with Gasteiger partial charge in [0.25, 0.3) is 0 Å². The lowest BCUT2D eigenvalue weighted by molar-refractivity contribution is -0.142. The normalized spacial score (nSPS) is 11.9. The van der Waals surface area contributed by atoms with Crippen molar-refractivity contribution < 1.29 is 14.6 Å². The molecule has 1 unspecified atom stereocenters. The summed E-state index contributed by atoms with van der Waals surface area (Å²) in [5.74, 6) is -0.954. The number of unbranched alkanes of at least 4 members (excludes halogenated alkanes) is 2. The van der Waals surface area contributed by atoms with Crippen LogP contribution in [0.25, 0.3) is 0 Å². The van der Waals surface area contributed by atoms with Crippen LogP contribution in [0.5, 0.6) is 0 Å². The first-order valence-corrected chi connectivity index (χ1v) is 8.60. The van der Waals surface area contributed by atoms with Gasteiger partial charge < -0.3 is 14.7 Å². The highest BCUT2D eigenvalue weighted by Crippen LogP contribution is 2.09. The molecule has 0 aliphatic rings. The van der Waals surface area contributed by atoms with Gasteiger partial charge in [0.15, 0.2) is 0 Å². The van der Waals surface area contributed by atoms with Crippen LogP contribution in [0.15, 0.2) is 0 Å². The predicted octanol–water partition coefficient (Wildman–Crippen LogP) is 4.04. The smallest absolute Gasteiger partial charge is 0.307 e. The molecule has 0 amide bonds. The molecule has 128 valence electrons. The van der Waals surface area contributed by atoms with Crippen molar-refractivity contribution in [1.29, 1.82) is 0 Å². The van der Waals surface area contributed by atoms with Gasteiger partial charge in [0.05, 0.1) is 5.92 Å². The van der Waals surface area contributed by atoms with Crippen LogP contribution in [0.3, 0.4) is 0 Å². The third kappa shape index (κ3) is 15.6. The Hall–Kier alpha value is -0.610. The summed E-state index contributed by atoms with van der Waals surface area (Å²) in [7, 11) is 1.99. The summed E-state index contributed by atoms with van der Waals surface area (Å²) in [4.78, 5) is 13.3. The Labute approximate surface area is 131 Å². The first-order chi connectivity index (χ1) is 10.1. The van der Waals surface area contributed by atoms with Crippen LogP contribution in [0.4, 0.5) is 0 Å². The van der Waals surface area contributed by atoms with Gasteiger partial charge >= 0.3 is 5.97 Å². The summed E-state index contributed by atoms with van der Waals surface area (Å²) >= 11 is 0. The number of nitrogens with zero attached hydrogens (tertiary/aromatic N) is 1. The molecule has 0 saturated carbocycles. The molecule has 21 heavy (non-hydrogen) atoms. The van der Waals surface area contributed by atoms with Crippen molar-refractivity contribution >= 4 is 5.97 Å². The van der Waals surface area contributed by atoms with E-state index in [9.17, 15) is 9.90 Å². The first kappa shape index (κ1) is 22.7. The number of carboxylic acids is 1. The zero-order valence-corrected chi connectivity index (χ0v) is 14.9. The molecule has 0 aliphatic carbocycles. The summed E-state index contributed by atoms with van der Waals surface area (Å²) in [5.41, 5.74) is 0. The average Bonchev–Trinajstić information content (AvgIpc) is 2.47. The van der Waals surface area contributed by atoms with E-state index >= 15 is 0 Å². The van der Waals surface area contributed by atoms with Crippen LogP contribution < -0.4 is 0 Å². The molecule has 0 fully saturated rings. The SMILES string of the molecule is CC.CCCCCOCCCC(CN(C)CCC)C(=O)O. The summed E-state index contributed by atoms with van der Waals surface area (Å²) < 4.78 is 5.51. The lowest BCUT2D eigenvalue weighted by Gasteiger charge is -2.20. The summed E-state index contributed by atoms with van der Waals surface area (Å²) in [5, 5.41) is 9.20. The molecule has 0 aliphatic heterocycles. The fourth-order valence-electron chi connectivity index (χ4n) is 2.13. The topological polar surface area (TPSA) is 49.8 Å². The van der Waals surface area contributed by atoms with Gasteiger partial charge in [-0.2, -0.15) is 0 Å². The Morgan fingerprint density at radius 1 is 1.10 bits per heavy atom. The molecule has 4 heteroatoms. The highest BCUT2D eigenvalue weighted by molar-refractivity contribution is 5.70. The van der Waals surface area contributed by atoms with Gasteiger partial charge in [-0.1, -0.05) is 40.5 Å². The number of hydrogen-bond acceptors (Lipinski definition) is 3. The second kappa shape index (κ2) is 17.4. The Bertz CT molecular complexity index is 222. The van der Waals surface area contributed by atoms with Gasteiger partial charge in [0.1, 0.15) is 0 Å². The van der Waals surface area contributed by atoms with Crippen LogP contribution in [-0.4, -0.2) is 49.3 Å². The van der Waals surface area contributed by atoms with Crippen molar-refractivity contribution in [2.45, 2.75) is 66.2 Å². The van der Waals surface area contributed by atoms with Gasteiger partial charge in [-0.15, -0.1) is 0 Å². The molecule has 0 heterocycles. The van der Waals surface area contributed by atoms with Crippen molar-refractivity contribution in [2.24, 2.45) is 5.92 Å². The fraction of sp³-hybridized carbons (Fsp3) is 0.941. The van der Waals surface area contributed by atoms with Crippen molar-refractivity contribution in [1.82, 2.24) is 4.90 Å². The molecule has 0 aromatic rings. The largest absolute Gasteiger partial charge is 0.481 e. The number of aliphatic carboxylic acids is 1. The minimum atomic E-state index is -0.686. The lowest BCUT2D eigenvalue weighted by Crippen LogP contribution is -2.31. The molecule has 0 radical (unpaired) electrons. The van der Waals surface area contributed by atoms with E-state index in [1.807, 2.05) is 20.9 Å². The minimum absolute atomic E-state index is 0.268. The van der Waals surface area contributed by atoms with Crippen molar-refractivity contribution in [2.75, 3.05) is 33.4 Å². The van der Waals surface area contributed by atoms with E-state index in [-0.39, 0.29) is 5.92 Å². The van der Waals surface area contributed by atoms with E-state index in [0.717, 1.165) is 32.4 Å². The minimum Gasteiger partial charge on any atom is -0.481 e. The average molecular weight is 303 g/mol. The molecule has 0 spiro atoms.